The van der Waals surface area contributed by atoms with E-state index in [-0.39, 0.29) is 5.91 Å². The van der Waals surface area contributed by atoms with E-state index < -0.39 is 0 Å². The molecule has 1 rings (SSSR count). The summed E-state index contributed by atoms with van der Waals surface area (Å²) in [6, 6.07) is 5.42. The molecule has 0 bridgehead atoms. The number of carbonyl (C=O) groups is 1. The smallest absolute Gasteiger partial charge is 0.253 e. The summed E-state index contributed by atoms with van der Waals surface area (Å²) in [6.07, 6.45) is 6.57. The molecule has 1 aromatic rings. The predicted octanol–water partition coefficient (Wildman–Crippen LogP) is 1.72. The summed E-state index contributed by atoms with van der Waals surface area (Å²) >= 11 is 0. The maximum absolute atomic E-state index is 11.7. The normalized spacial score (nSPS) is 9.50. The fourth-order valence-electron chi connectivity index (χ4n) is 1.37. The van der Waals surface area contributed by atoms with Crippen molar-refractivity contribution in [1.29, 1.82) is 0 Å². The molecule has 0 aliphatic rings. The van der Waals surface area contributed by atoms with Gasteiger partial charge in [0.15, 0.2) is 0 Å². The highest BCUT2D eigenvalue weighted by Gasteiger charge is 2.09. The molecule has 0 unspecified atom stereocenters. The van der Waals surface area contributed by atoms with Gasteiger partial charge >= 0.3 is 0 Å². The number of unbranched alkanes of at least 4 members (excludes halogenated alkanes) is 1. The average molecular weight is 216 g/mol. The van der Waals surface area contributed by atoms with Crippen molar-refractivity contribution in [2.24, 2.45) is 0 Å². The molecule has 1 aromatic carbocycles. The second-order valence-corrected chi connectivity index (χ2v) is 3.60. The lowest BCUT2D eigenvalue weighted by Gasteiger charge is -2.08. The maximum atomic E-state index is 11.7. The number of aryl methyl sites for hydroxylation is 1. The zero-order valence-electron chi connectivity index (χ0n) is 9.42. The van der Waals surface area contributed by atoms with Gasteiger partial charge in [-0.2, -0.15) is 0 Å². The highest BCUT2D eigenvalue weighted by Crippen LogP contribution is 2.15. The monoisotopic (exact) mass is 216 g/mol. The van der Waals surface area contributed by atoms with Crippen molar-refractivity contribution < 1.29 is 4.79 Å². The van der Waals surface area contributed by atoms with E-state index in [1.807, 2.05) is 19.1 Å². The Morgan fingerprint density at radius 2 is 2.31 bits per heavy atom. The first-order valence-corrected chi connectivity index (χ1v) is 5.23. The van der Waals surface area contributed by atoms with Gasteiger partial charge in [-0.25, -0.2) is 0 Å². The summed E-state index contributed by atoms with van der Waals surface area (Å²) in [6.45, 7) is 2.46. The van der Waals surface area contributed by atoms with E-state index in [1.54, 1.807) is 6.07 Å². The van der Waals surface area contributed by atoms with E-state index in [1.165, 1.54) is 0 Å². The average Bonchev–Trinajstić information content (AvgIpc) is 2.28. The van der Waals surface area contributed by atoms with Crippen LogP contribution in [0.25, 0.3) is 0 Å². The molecule has 0 saturated heterocycles. The van der Waals surface area contributed by atoms with Crippen molar-refractivity contribution in [3.05, 3.63) is 29.3 Å². The molecule has 0 fully saturated rings. The van der Waals surface area contributed by atoms with E-state index in [9.17, 15) is 4.79 Å². The number of carbonyl (C=O) groups excluding carboxylic acids is 1. The minimum atomic E-state index is -0.141. The third-order valence-corrected chi connectivity index (χ3v) is 2.35. The van der Waals surface area contributed by atoms with Gasteiger partial charge in [0, 0.05) is 18.7 Å². The minimum absolute atomic E-state index is 0.141. The maximum Gasteiger partial charge on any atom is 0.253 e. The Morgan fingerprint density at radius 3 is 3.00 bits per heavy atom. The molecule has 84 valence electrons. The second kappa shape index (κ2) is 5.82. The van der Waals surface area contributed by atoms with E-state index in [2.05, 4.69) is 11.2 Å². The third-order valence-electron chi connectivity index (χ3n) is 2.35. The van der Waals surface area contributed by atoms with Crippen molar-refractivity contribution in [1.82, 2.24) is 5.32 Å². The summed E-state index contributed by atoms with van der Waals surface area (Å²) in [5.74, 6) is 2.39. The number of para-hydroxylation sites is 1. The lowest BCUT2D eigenvalue weighted by molar-refractivity contribution is 0.0954. The summed E-state index contributed by atoms with van der Waals surface area (Å²) in [7, 11) is 0. The number of terminal acetylenes is 1. The second-order valence-electron chi connectivity index (χ2n) is 3.60. The molecule has 0 saturated carbocycles. The highest BCUT2D eigenvalue weighted by atomic mass is 16.1. The molecule has 16 heavy (non-hydrogen) atoms. The van der Waals surface area contributed by atoms with Crippen LogP contribution in [0.3, 0.4) is 0 Å². The van der Waals surface area contributed by atoms with Gasteiger partial charge in [0.05, 0.1) is 5.56 Å². The Kier molecular flexibility index (Phi) is 4.41. The van der Waals surface area contributed by atoms with E-state index >= 15 is 0 Å². The molecule has 3 N–H and O–H groups in total. The number of nitrogens with one attached hydrogen (secondary N) is 1. The zero-order valence-corrected chi connectivity index (χ0v) is 9.42. The first kappa shape index (κ1) is 12.1. The lowest BCUT2D eigenvalue weighted by Crippen LogP contribution is -2.25. The largest absolute Gasteiger partial charge is 0.398 e. The third kappa shape index (κ3) is 3.03. The topological polar surface area (TPSA) is 55.1 Å². The fraction of sp³-hybridized carbons (Fsp3) is 0.308. The zero-order chi connectivity index (χ0) is 12.0. The summed E-state index contributed by atoms with van der Waals surface area (Å²) in [4.78, 5) is 11.7. The molecule has 3 nitrogen and oxygen atoms in total. The van der Waals surface area contributed by atoms with Crippen molar-refractivity contribution in [2.45, 2.75) is 19.8 Å². The minimum Gasteiger partial charge on any atom is -0.398 e. The number of anilines is 1. The number of benzene rings is 1. The number of nitrogens with two attached hydrogens (primary N) is 1. The van der Waals surface area contributed by atoms with Crippen molar-refractivity contribution >= 4 is 11.6 Å². The fourth-order valence-corrected chi connectivity index (χ4v) is 1.37. The molecule has 0 heterocycles. The van der Waals surface area contributed by atoms with Crippen LogP contribution in [0.2, 0.25) is 0 Å². The highest BCUT2D eigenvalue weighted by molar-refractivity contribution is 5.99. The number of hydrogen-bond acceptors (Lipinski definition) is 2. The molecular formula is C13H16N2O. The SMILES string of the molecule is C#CCCCNC(=O)c1cccc(C)c1N. The van der Waals surface area contributed by atoms with Crippen LogP contribution in [0, 0.1) is 19.3 Å². The van der Waals surface area contributed by atoms with Gasteiger partial charge in [0.25, 0.3) is 5.91 Å². The number of amides is 1. The van der Waals surface area contributed by atoms with Gasteiger partial charge in [0.2, 0.25) is 0 Å². The van der Waals surface area contributed by atoms with Crippen LogP contribution >= 0.6 is 0 Å². The quantitative estimate of drug-likeness (QED) is 0.457. The Labute approximate surface area is 96.0 Å². The van der Waals surface area contributed by atoms with Crippen LogP contribution in [-0.2, 0) is 0 Å². The number of hydrogen-bond donors (Lipinski definition) is 2. The number of nitrogen functional groups attached to an aromatic ring is 1. The molecule has 0 aliphatic carbocycles. The van der Waals surface area contributed by atoms with Crippen LogP contribution < -0.4 is 11.1 Å². The van der Waals surface area contributed by atoms with E-state index in [0.29, 0.717) is 24.2 Å². The van der Waals surface area contributed by atoms with Gasteiger partial charge in [-0.1, -0.05) is 12.1 Å². The first-order chi connectivity index (χ1) is 7.66. The van der Waals surface area contributed by atoms with Crippen molar-refractivity contribution in [3.63, 3.8) is 0 Å². The summed E-state index contributed by atoms with van der Waals surface area (Å²) in [5.41, 5.74) is 7.80. The molecule has 0 atom stereocenters. The van der Waals surface area contributed by atoms with Gasteiger partial charge in [-0.05, 0) is 25.0 Å². The molecule has 1 amide bonds. The summed E-state index contributed by atoms with van der Waals surface area (Å²) in [5, 5.41) is 2.79. The Hall–Kier alpha value is -1.95. The van der Waals surface area contributed by atoms with Gasteiger partial charge in [-0.15, -0.1) is 12.3 Å². The van der Waals surface area contributed by atoms with Gasteiger partial charge in [0.1, 0.15) is 0 Å². The molecule has 0 radical (unpaired) electrons. The van der Waals surface area contributed by atoms with Crippen molar-refractivity contribution in [3.8, 4) is 12.3 Å². The lowest BCUT2D eigenvalue weighted by atomic mass is 10.1. The Balaban J connectivity index is 2.60. The van der Waals surface area contributed by atoms with Crippen LogP contribution in [0.15, 0.2) is 18.2 Å². The molecular weight excluding hydrogens is 200 g/mol. The number of rotatable bonds is 4. The van der Waals surface area contributed by atoms with Crippen LogP contribution in [0.5, 0.6) is 0 Å². The van der Waals surface area contributed by atoms with Crippen LogP contribution in [0.4, 0.5) is 5.69 Å². The standard InChI is InChI=1S/C13H16N2O/c1-3-4-5-9-15-13(16)11-8-6-7-10(2)12(11)14/h1,6-8H,4-5,9,14H2,2H3,(H,15,16). The Morgan fingerprint density at radius 1 is 1.56 bits per heavy atom. The van der Waals surface area contributed by atoms with Crippen molar-refractivity contribution in [2.75, 3.05) is 12.3 Å². The molecule has 0 aromatic heterocycles. The Bertz CT molecular complexity index is 418. The molecule has 3 heteroatoms. The van der Waals surface area contributed by atoms with E-state index in [0.717, 1.165) is 12.0 Å². The van der Waals surface area contributed by atoms with Crippen LogP contribution in [0.1, 0.15) is 28.8 Å². The summed E-state index contributed by atoms with van der Waals surface area (Å²) < 4.78 is 0. The molecule has 0 spiro atoms. The van der Waals surface area contributed by atoms with Gasteiger partial charge < -0.3 is 11.1 Å². The van der Waals surface area contributed by atoms with Gasteiger partial charge in [-0.3, -0.25) is 4.79 Å². The predicted molar refractivity (Wildman–Crippen MR) is 66.0 cm³/mol. The van der Waals surface area contributed by atoms with Crippen LogP contribution in [-0.4, -0.2) is 12.5 Å². The van der Waals surface area contributed by atoms with E-state index in [4.69, 9.17) is 12.2 Å². The molecule has 0 aliphatic heterocycles. The first-order valence-electron chi connectivity index (χ1n) is 5.23.